The SMILES string of the molecule is CCn1nc(C[C@@H](C)COC(=O)c2cscn2)c2c1C(=O)NCCCOCCC2. The minimum atomic E-state index is -0.409. The largest absolute Gasteiger partial charge is 0.461 e. The van der Waals surface area contributed by atoms with E-state index >= 15 is 0 Å². The van der Waals surface area contributed by atoms with Crippen LogP contribution in [0.5, 0.6) is 0 Å². The average molecular weight is 421 g/mol. The lowest BCUT2D eigenvalue weighted by atomic mass is 9.99. The van der Waals surface area contributed by atoms with Crippen molar-refractivity contribution in [3.63, 3.8) is 0 Å². The summed E-state index contributed by atoms with van der Waals surface area (Å²) in [6.07, 6.45) is 3.02. The van der Waals surface area contributed by atoms with Crippen LogP contribution < -0.4 is 5.32 Å². The number of fused-ring (bicyclic) bond motifs is 1. The summed E-state index contributed by atoms with van der Waals surface area (Å²) >= 11 is 1.36. The lowest BCUT2D eigenvalue weighted by Crippen LogP contribution is -2.28. The van der Waals surface area contributed by atoms with E-state index in [1.165, 1.54) is 11.3 Å². The fourth-order valence-corrected chi connectivity index (χ4v) is 3.89. The number of nitrogens with zero attached hydrogens (tertiary/aromatic N) is 3. The van der Waals surface area contributed by atoms with E-state index in [1.54, 1.807) is 15.6 Å². The monoisotopic (exact) mass is 420 g/mol. The first-order valence-electron chi connectivity index (χ1n) is 10.1. The number of hydrogen-bond acceptors (Lipinski definition) is 7. The molecule has 1 aliphatic heterocycles. The Labute approximate surface area is 174 Å². The zero-order valence-electron chi connectivity index (χ0n) is 17.0. The number of nitrogens with one attached hydrogen (secondary N) is 1. The maximum Gasteiger partial charge on any atom is 0.357 e. The second-order valence-corrected chi connectivity index (χ2v) is 7.92. The van der Waals surface area contributed by atoms with E-state index in [1.807, 2.05) is 13.8 Å². The zero-order valence-corrected chi connectivity index (χ0v) is 17.8. The van der Waals surface area contributed by atoms with Crippen LogP contribution >= 0.6 is 11.3 Å². The maximum absolute atomic E-state index is 12.8. The second-order valence-electron chi connectivity index (χ2n) is 7.20. The topological polar surface area (TPSA) is 95.3 Å². The van der Waals surface area contributed by atoms with Gasteiger partial charge in [-0.1, -0.05) is 6.92 Å². The van der Waals surface area contributed by atoms with Crippen molar-refractivity contribution in [2.75, 3.05) is 26.4 Å². The van der Waals surface area contributed by atoms with Gasteiger partial charge in [0.25, 0.3) is 5.91 Å². The average Bonchev–Trinajstić information content (AvgIpc) is 3.35. The van der Waals surface area contributed by atoms with Crippen LogP contribution in [0.25, 0.3) is 0 Å². The van der Waals surface area contributed by atoms with E-state index in [9.17, 15) is 9.59 Å². The number of rotatable bonds is 6. The first-order valence-corrected chi connectivity index (χ1v) is 11.0. The predicted molar refractivity (Wildman–Crippen MR) is 109 cm³/mol. The standard InChI is InChI=1S/C20H28N4O4S/c1-3-24-18-15(6-4-8-27-9-5-7-21-19(18)25)16(23-24)10-14(2)11-28-20(26)17-12-29-13-22-17/h12-14H,3-11H2,1-2H3,(H,21,25)/t14-/m1/s1. The third kappa shape index (κ3) is 5.63. The summed E-state index contributed by atoms with van der Waals surface area (Å²) in [6.45, 7) is 6.82. The number of hydrogen-bond donors (Lipinski definition) is 1. The third-order valence-electron chi connectivity index (χ3n) is 4.80. The zero-order chi connectivity index (χ0) is 20.6. The number of carbonyl (C=O) groups excluding carboxylic acids is 2. The summed E-state index contributed by atoms with van der Waals surface area (Å²) in [5, 5.41) is 9.36. The molecule has 0 bridgehead atoms. The summed E-state index contributed by atoms with van der Waals surface area (Å²) in [5.41, 5.74) is 4.47. The molecule has 1 atom stereocenters. The van der Waals surface area contributed by atoms with E-state index in [0.717, 1.165) is 30.5 Å². The normalized spacial score (nSPS) is 16.4. The molecule has 0 saturated heterocycles. The van der Waals surface area contributed by atoms with Crippen molar-refractivity contribution < 1.29 is 19.1 Å². The number of ether oxygens (including phenoxy) is 2. The number of aryl methyl sites for hydroxylation is 1. The molecule has 0 saturated carbocycles. The second kappa shape index (κ2) is 10.5. The molecule has 2 aromatic rings. The summed E-state index contributed by atoms with van der Waals surface area (Å²) < 4.78 is 12.8. The number of carbonyl (C=O) groups is 2. The molecule has 3 heterocycles. The van der Waals surface area contributed by atoms with Crippen LogP contribution in [0.4, 0.5) is 0 Å². The van der Waals surface area contributed by atoms with Gasteiger partial charge in [-0.05, 0) is 38.5 Å². The lowest BCUT2D eigenvalue weighted by molar-refractivity contribution is 0.0442. The van der Waals surface area contributed by atoms with Crippen LogP contribution in [-0.4, -0.2) is 53.0 Å². The highest BCUT2D eigenvalue weighted by Gasteiger charge is 2.24. The minimum absolute atomic E-state index is 0.0689. The first-order chi connectivity index (χ1) is 14.1. The van der Waals surface area contributed by atoms with Crippen molar-refractivity contribution in [1.82, 2.24) is 20.1 Å². The van der Waals surface area contributed by atoms with Crippen LogP contribution in [0.2, 0.25) is 0 Å². The van der Waals surface area contributed by atoms with Crippen LogP contribution in [0, 0.1) is 5.92 Å². The number of esters is 1. The highest BCUT2D eigenvalue weighted by Crippen LogP contribution is 2.21. The molecule has 1 aliphatic rings. The Bertz CT molecular complexity index is 819. The Kier molecular flexibility index (Phi) is 7.76. The molecule has 8 nitrogen and oxygen atoms in total. The van der Waals surface area contributed by atoms with Crippen LogP contribution in [0.3, 0.4) is 0 Å². The third-order valence-corrected chi connectivity index (χ3v) is 5.38. The molecule has 1 amide bonds. The van der Waals surface area contributed by atoms with Gasteiger partial charge in [0.2, 0.25) is 0 Å². The summed E-state index contributed by atoms with van der Waals surface area (Å²) in [4.78, 5) is 28.8. The number of thiazole rings is 1. The molecular formula is C20H28N4O4S. The molecular weight excluding hydrogens is 392 g/mol. The molecule has 0 spiro atoms. The van der Waals surface area contributed by atoms with E-state index in [4.69, 9.17) is 14.6 Å². The molecule has 1 N–H and O–H groups in total. The van der Waals surface area contributed by atoms with Gasteiger partial charge in [0.05, 0.1) is 17.8 Å². The van der Waals surface area contributed by atoms with Crippen molar-refractivity contribution in [2.45, 2.75) is 46.1 Å². The van der Waals surface area contributed by atoms with Gasteiger partial charge in [-0.3, -0.25) is 9.48 Å². The van der Waals surface area contributed by atoms with Crippen molar-refractivity contribution in [3.8, 4) is 0 Å². The molecule has 0 radical (unpaired) electrons. The Hall–Kier alpha value is -2.26. The van der Waals surface area contributed by atoms with Crippen LogP contribution in [0.15, 0.2) is 10.9 Å². The van der Waals surface area contributed by atoms with E-state index in [-0.39, 0.29) is 18.4 Å². The highest BCUT2D eigenvalue weighted by molar-refractivity contribution is 7.07. The van der Waals surface area contributed by atoms with Crippen molar-refractivity contribution in [1.29, 1.82) is 0 Å². The molecule has 0 fully saturated rings. The fourth-order valence-electron chi connectivity index (χ4n) is 3.37. The van der Waals surface area contributed by atoms with Crippen molar-refractivity contribution in [3.05, 3.63) is 33.5 Å². The van der Waals surface area contributed by atoms with Crippen molar-refractivity contribution >= 4 is 23.2 Å². The van der Waals surface area contributed by atoms with Crippen molar-refractivity contribution in [2.24, 2.45) is 5.92 Å². The van der Waals surface area contributed by atoms with Crippen LogP contribution in [-0.2, 0) is 28.9 Å². The predicted octanol–water partition coefficient (Wildman–Crippen LogP) is 2.48. The Morgan fingerprint density at radius 1 is 1.41 bits per heavy atom. The van der Waals surface area contributed by atoms with Crippen LogP contribution in [0.1, 0.15) is 58.9 Å². The molecule has 0 unspecified atom stereocenters. The molecule has 3 rings (SSSR count). The molecule has 0 aliphatic carbocycles. The van der Waals surface area contributed by atoms with Gasteiger partial charge in [0.1, 0.15) is 5.69 Å². The van der Waals surface area contributed by atoms with Gasteiger partial charge in [0.15, 0.2) is 5.69 Å². The van der Waals surface area contributed by atoms with Gasteiger partial charge < -0.3 is 14.8 Å². The summed E-state index contributed by atoms with van der Waals surface area (Å²) in [7, 11) is 0. The molecule has 158 valence electrons. The minimum Gasteiger partial charge on any atom is -0.461 e. The fraction of sp³-hybridized carbons (Fsp3) is 0.600. The smallest absolute Gasteiger partial charge is 0.357 e. The van der Waals surface area contributed by atoms with Gasteiger partial charge in [-0.2, -0.15) is 5.10 Å². The molecule has 29 heavy (non-hydrogen) atoms. The summed E-state index contributed by atoms with van der Waals surface area (Å²) in [6, 6.07) is 0. The number of amides is 1. The highest BCUT2D eigenvalue weighted by atomic mass is 32.1. The Morgan fingerprint density at radius 3 is 3.00 bits per heavy atom. The first kappa shape index (κ1) is 21.4. The Morgan fingerprint density at radius 2 is 2.24 bits per heavy atom. The van der Waals surface area contributed by atoms with E-state index in [2.05, 4.69) is 10.3 Å². The summed E-state index contributed by atoms with van der Waals surface area (Å²) in [5.74, 6) is -0.419. The van der Waals surface area contributed by atoms with Gasteiger partial charge in [-0.15, -0.1) is 11.3 Å². The molecule has 0 aromatic carbocycles. The van der Waals surface area contributed by atoms with Gasteiger partial charge in [-0.25, -0.2) is 9.78 Å². The quantitative estimate of drug-likeness (QED) is 0.722. The Balaban J connectivity index is 1.72. The maximum atomic E-state index is 12.8. The van der Waals surface area contributed by atoms with Gasteiger partial charge >= 0.3 is 5.97 Å². The lowest BCUT2D eigenvalue weighted by Gasteiger charge is -2.12. The van der Waals surface area contributed by atoms with E-state index < -0.39 is 5.97 Å². The molecule has 9 heteroatoms. The van der Waals surface area contributed by atoms with Gasteiger partial charge in [0, 0.05) is 37.2 Å². The van der Waals surface area contributed by atoms with E-state index in [0.29, 0.717) is 44.1 Å². The molecule has 2 aromatic heterocycles. The number of aromatic nitrogens is 3.